The van der Waals surface area contributed by atoms with E-state index in [4.69, 9.17) is 4.74 Å². The molecule has 6 heteroatoms. The number of benzene rings is 4. The van der Waals surface area contributed by atoms with Crippen molar-refractivity contribution >= 4 is 23.2 Å². The molecule has 0 aliphatic rings. The number of methoxy groups -OCH3 is 1. The van der Waals surface area contributed by atoms with Gasteiger partial charge in [-0.25, -0.2) is 0 Å². The smallest absolute Gasteiger partial charge is 0.251 e. The molecule has 2 amide bonds. The van der Waals surface area contributed by atoms with E-state index < -0.39 is 6.04 Å². The molecule has 4 aromatic carbocycles. The van der Waals surface area contributed by atoms with E-state index in [1.807, 2.05) is 128 Å². The van der Waals surface area contributed by atoms with Gasteiger partial charge >= 0.3 is 0 Å². The van der Waals surface area contributed by atoms with Crippen LogP contribution < -0.4 is 15.0 Å². The van der Waals surface area contributed by atoms with Crippen LogP contribution in [0.2, 0.25) is 0 Å². The van der Waals surface area contributed by atoms with Crippen LogP contribution in [0.3, 0.4) is 0 Å². The number of nitrogens with one attached hydrogen (secondary N) is 1. The van der Waals surface area contributed by atoms with Gasteiger partial charge in [0.25, 0.3) is 5.91 Å². The third-order valence-corrected chi connectivity index (χ3v) is 6.34. The molecule has 6 nitrogen and oxygen atoms in total. The molecule has 4 aromatic rings. The monoisotopic (exact) mass is 507 g/mol. The Labute approximate surface area is 224 Å². The molecule has 1 atom stereocenters. The maximum absolute atomic E-state index is 14.0. The lowest BCUT2D eigenvalue weighted by atomic mass is 10.0. The highest BCUT2D eigenvalue weighted by atomic mass is 16.5. The molecular formula is C32H33N3O3. The predicted octanol–water partition coefficient (Wildman–Crippen LogP) is 5.71. The van der Waals surface area contributed by atoms with Gasteiger partial charge in [0.1, 0.15) is 11.8 Å². The van der Waals surface area contributed by atoms with Crippen molar-refractivity contribution in [1.29, 1.82) is 0 Å². The van der Waals surface area contributed by atoms with Gasteiger partial charge in [-0.15, -0.1) is 0 Å². The Kier molecular flexibility index (Phi) is 8.77. The maximum Gasteiger partial charge on any atom is 0.251 e. The Bertz CT molecular complexity index is 1340. The van der Waals surface area contributed by atoms with Crippen LogP contribution in [0.15, 0.2) is 109 Å². The molecular weight excluding hydrogens is 474 g/mol. The molecule has 0 aliphatic heterocycles. The fraction of sp³-hybridized carbons (Fsp3) is 0.188. The summed E-state index contributed by atoms with van der Waals surface area (Å²) in [6, 6.07) is 33.4. The van der Waals surface area contributed by atoms with Crippen LogP contribution >= 0.6 is 0 Å². The van der Waals surface area contributed by atoms with Gasteiger partial charge in [-0.2, -0.15) is 0 Å². The maximum atomic E-state index is 14.0. The molecule has 38 heavy (non-hydrogen) atoms. The van der Waals surface area contributed by atoms with Gasteiger partial charge < -0.3 is 19.9 Å². The van der Waals surface area contributed by atoms with E-state index in [2.05, 4.69) is 5.32 Å². The topological polar surface area (TPSA) is 61.9 Å². The van der Waals surface area contributed by atoms with E-state index >= 15 is 0 Å². The minimum Gasteiger partial charge on any atom is -0.497 e. The third kappa shape index (κ3) is 6.79. The van der Waals surface area contributed by atoms with Crippen molar-refractivity contribution in [1.82, 2.24) is 4.90 Å². The highest BCUT2D eigenvalue weighted by Crippen LogP contribution is 2.29. The summed E-state index contributed by atoms with van der Waals surface area (Å²) in [5.41, 5.74) is 4.17. The minimum atomic E-state index is -0.880. The van der Waals surface area contributed by atoms with Crippen molar-refractivity contribution in [2.45, 2.75) is 19.0 Å². The molecule has 0 radical (unpaired) electrons. The normalized spacial score (nSPS) is 11.3. The first-order valence-corrected chi connectivity index (χ1v) is 12.5. The van der Waals surface area contributed by atoms with Crippen LogP contribution in [0.1, 0.15) is 22.7 Å². The lowest BCUT2D eigenvalue weighted by Gasteiger charge is -2.32. The molecule has 0 spiro atoms. The average molecular weight is 508 g/mol. The van der Waals surface area contributed by atoms with Gasteiger partial charge in [0.05, 0.1) is 13.5 Å². The molecule has 194 valence electrons. The van der Waals surface area contributed by atoms with Crippen LogP contribution in [-0.4, -0.2) is 37.9 Å². The van der Waals surface area contributed by atoms with E-state index in [1.54, 1.807) is 12.0 Å². The number of hydrogen-bond acceptors (Lipinski definition) is 4. The van der Waals surface area contributed by atoms with Crippen molar-refractivity contribution in [2.24, 2.45) is 0 Å². The lowest BCUT2D eigenvalue weighted by molar-refractivity contribution is -0.139. The number of anilines is 2. The van der Waals surface area contributed by atoms with Gasteiger partial charge in [-0.1, -0.05) is 72.8 Å². The Balaban J connectivity index is 1.73. The fourth-order valence-electron chi connectivity index (χ4n) is 4.31. The number of nitrogens with zero attached hydrogens (tertiary/aromatic N) is 2. The highest BCUT2D eigenvalue weighted by molar-refractivity contribution is 5.98. The Morgan fingerprint density at radius 3 is 2.03 bits per heavy atom. The number of rotatable bonds is 10. The number of carbonyl (C=O) groups is 2. The highest BCUT2D eigenvalue weighted by Gasteiger charge is 2.32. The van der Waals surface area contributed by atoms with E-state index in [0.29, 0.717) is 17.0 Å². The minimum absolute atomic E-state index is 0.147. The van der Waals surface area contributed by atoms with E-state index in [-0.39, 0.29) is 24.8 Å². The zero-order valence-electron chi connectivity index (χ0n) is 22.0. The molecule has 0 unspecified atom stereocenters. The van der Waals surface area contributed by atoms with Crippen LogP contribution in [0.4, 0.5) is 11.4 Å². The Morgan fingerprint density at radius 1 is 0.789 bits per heavy atom. The van der Waals surface area contributed by atoms with Crippen LogP contribution in [0.25, 0.3) is 0 Å². The molecule has 0 bridgehead atoms. The van der Waals surface area contributed by atoms with Crippen molar-refractivity contribution in [2.75, 3.05) is 31.4 Å². The van der Waals surface area contributed by atoms with Gasteiger partial charge in [0, 0.05) is 32.0 Å². The van der Waals surface area contributed by atoms with E-state index in [1.165, 1.54) is 0 Å². The van der Waals surface area contributed by atoms with Gasteiger partial charge in [-0.05, 0) is 53.1 Å². The number of hydrogen-bond donors (Lipinski definition) is 1. The molecule has 4 rings (SSSR count). The van der Waals surface area contributed by atoms with Crippen molar-refractivity contribution in [3.63, 3.8) is 0 Å². The van der Waals surface area contributed by atoms with Crippen LogP contribution in [0.5, 0.6) is 5.75 Å². The lowest BCUT2D eigenvalue weighted by Crippen LogP contribution is -2.41. The summed E-state index contributed by atoms with van der Waals surface area (Å²) < 4.78 is 5.45. The number of amides is 2. The summed E-state index contributed by atoms with van der Waals surface area (Å²) in [5.74, 6) is 0.171. The first-order chi connectivity index (χ1) is 18.4. The van der Waals surface area contributed by atoms with Crippen LogP contribution in [0, 0.1) is 0 Å². The molecule has 0 fully saturated rings. The summed E-state index contributed by atoms with van der Waals surface area (Å²) in [5, 5.41) is 3.04. The molecule has 0 heterocycles. The second-order valence-corrected chi connectivity index (χ2v) is 9.28. The van der Waals surface area contributed by atoms with Gasteiger partial charge in [0.2, 0.25) is 5.91 Å². The quantitative estimate of drug-likeness (QED) is 0.299. The summed E-state index contributed by atoms with van der Waals surface area (Å²) in [6.07, 6.45) is 0.180. The number of carbonyl (C=O) groups excluding carboxylic acids is 2. The largest absolute Gasteiger partial charge is 0.497 e. The summed E-state index contributed by atoms with van der Waals surface area (Å²) >= 11 is 0. The molecule has 0 aromatic heterocycles. The van der Waals surface area contributed by atoms with Gasteiger partial charge in [0.15, 0.2) is 0 Å². The second-order valence-electron chi connectivity index (χ2n) is 9.28. The number of ether oxygens (including phenoxy) is 1. The predicted molar refractivity (Wildman–Crippen MR) is 152 cm³/mol. The standard InChI is InChI=1S/C32H33N3O3/c1-34(2)28-19-17-27(18-20-28)33-32(37)31(26-15-10-16-29(22-26)38-3)35(23-25-13-8-5-9-14-25)30(36)21-24-11-6-4-7-12-24/h4-20,22,31H,21,23H2,1-3H3,(H,33,37)/t31-/m0/s1. The zero-order chi connectivity index (χ0) is 26.9. The first-order valence-electron chi connectivity index (χ1n) is 12.5. The fourth-order valence-corrected chi connectivity index (χ4v) is 4.31. The van der Waals surface area contributed by atoms with Crippen molar-refractivity contribution < 1.29 is 14.3 Å². The molecule has 0 saturated carbocycles. The van der Waals surface area contributed by atoms with Crippen LogP contribution in [-0.2, 0) is 22.6 Å². The Hall–Kier alpha value is -4.58. The van der Waals surface area contributed by atoms with Crippen molar-refractivity contribution in [3.8, 4) is 5.75 Å². The summed E-state index contributed by atoms with van der Waals surface area (Å²) in [4.78, 5) is 31.5. The Morgan fingerprint density at radius 2 is 1.42 bits per heavy atom. The van der Waals surface area contributed by atoms with Crippen molar-refractivity contribution in [3.05, 3.63) is 126 Å². The molecule has 0 saturated heterocycles. The zero-order valence-corrected chi connectivity index (χ0v) is 22.0. The summed E-state index contributed by atoms with van der Waals surface area (Å²) in [6.45, 7) is 0.279. The second kappa shape index (κ2) is 12.6. The first kappa shape index (κ1) is 26.5. The third-order valence-electron chi connectivity index (χ3n) is 6.34. The van der Waals surface area contributed by atoms with E-state index in [0.717, 1.165) is 16.8 Å². The average Bonchev–Trinajstić information content (AvgIpc) is 2.94. The van der Waals surface area contributed by atoms with E-state index in [9.17, 15) is 9.59 Å². The molecule has 1 N–H and O–H groups in total. The SMILES string of the molecule is COc1cccc([C@@H](C(=O)Nc2ccc(N(C)C)cc2)N(Cc2ccccc2)C(=O)Cc2ccccc2)c1. The molecule has 0 aliphatic carbocycles. The summed E-state index contributed by atoms with van der Waals surface area (Å²) in [7, 11) is 5.52. The van der Waals surface area contributed by atoms with Gasteiger partial charge in [-0.3, -0.25) is 9.59 Å².